The summed E-state index contributed by atoms with van der Waals surface area (Å²) in [6.07, 6.45) is 2.57. The van der Waals surface area contributed by atoms with Gasteiger partial charge in [0.15, 0.2) is 0 Å². The van der Waals surface area contributed by atoms with Crippen molar-refractivity contribution in [2.45, 2.75) is 33.2 Å². The van der Waals surface area contributed by atoms with E-state index in [4.69, 9.17) is 0 Å². The van der Waals surface area contributed by atoms with Gasteiger partial charge in [-0.1, -0.05) is 29.3 Å². The topological polar surface area (TPSA) is 16.1 Å². The second-order valence-corrected chi connectivity index (χ2v) is 5.95. The number of hydrogen-bond donors (Lipinski definition) is 0. The van der Waals surface area contributed by atoms with Crippen LogP contribution in [-0.4, -0.2) is 28.8 Å². The molecule has 0 aliphatic carbocycles. The molecule has 1 rings (SSSR count). The fourth-order valence-corrected chi connectivity index (χ4v) is 3.24. The molecule has 0 aliphatic heterocycles. The van der Waals surface area contributed by atoms with Crippen LogP contribution < -0.4 is 0 Å². The van der Waals surface area contributed by atoms with Crippen LogP contribution in [0.4, 0.5) is 0 Å². The fraction of sp³-hybridized carbons (Fsp3) is 0.750. The van der Waals surface area contributed by atoms with Gasteiger partial charge in [-0.05, 0) is 26.3 Å². The number of halogens is 1. The first kappa shape index (κ1) is 14.1. The number of nitrogens with zero attached hydrogens (tertiary/aromatic N) is 2. The molecule has 1 unspecified atom stereocenters. The third-order valence-electron chi connectivity index (χ3n) is 2.74. The molecule has 1 atom stereocenters. The van der Waals surface area contributed by atoms with E-state index in [0.717, 1.165) is 24.3 Å². The number of aromatic nitrogens is 1. The predicted molar refractivity (Wildman–Crippen MR) is 75.4 cm³/mol. The minimum Gasteiger partial charge on any atom is -0.301 e. The fourth-order valence-electron chi connectivity index (χ4n) is 1.85. The van der Waals surface area contributed by atoms with Crippen molar-refractivity contribution in [3.63, 3.8) is 0 Å². The summed E-state index contributed by atoms with van der Waals surface area (Å²) in [5, 5.41) is 1.10. The molecule has 0 saturated carbocycles. The predicted octanol–water partition coefficient (Wildman–Crippen LogP) is 3.69. The average Bonchev–Trinajstić information content (AvgIpc) is 2.64. The second kappa shape index (κ2) is 7.41. The van der Waals surface area contributed by atoms with Gasteiger partial charge in [-0.2, -0.15) is 0 Å². The second-order valence-electron chi connectivity index (χ2n) is 4.37. The number of rotatable bonds is 7. The van der Waals surface area contributed by atoms with Gasteiger partial charge in [0.05, 0.1) is 11.2 Å². The van der Waals surface area contributed by atoms with E-state index in [1.165, 1.54) is 23.4 Å². The summed E-state index contributed by atoms with van der Waals surface area (Å²) >= 11 is 5.36. The Kier molecular flexibility index (Phi) is 6.54. The number of hydrogen-bond acceptors (Lipinski definition) is 3. The van der Waals surface area contributed by atoms with E-state index < -0.39 is 0 Å². The number of alkyl halides is 1. The van der Waals surface area contributed by atoms with Gasteiger partial charge in [0.1, 0.15) is 0 Å². The van der Waals surface area contributed by atoms with Gasteiger partial charge in [0, 0.05) is 23.3 Å². The van der Waals surface area contributed by atoms with Crippen molar-refractivity contribution in [1.82, 2.24) is 9.88 Å². The van der Waals surface area contributed by atoms with Crippen molar-refractivity contribution in [3.05, 3.63) is 16.1 Å². The monoisotopic (exact) mass is 304 g/mol. The Labute approximate surface area is 111 Å². The smallest absolute Gasteiger partial charge is 0.0798 e. The third kappa shape index (κ3) is 4.52. The molecule has 0 radical (unpaired) electrons. The van der Waals surface area contributed by atoms with E-state index in [-0.39, 0.29) is 0 Å². The van der Waals surface area contributed by atoms with Crippen molar-refractivity contribution in [3.8, 4) is 0 Å². The van der Waals surface area contributed by atoms with Crippen LogP contribution in [0.15, 0.2) is 5.51 Å². The quantitative estimate of drug-likeness (QED) is 0.714. The molecule has 16 heavy (non-hydrogen) atoms. The summed E-state index contributed by atoms with van der Waals surface area (Å²) in [4.78, 5) is 8.09. The summed E-state index contributed by atoms with van der Waals surface area (Å²) < 4.78 is 0. The van der Waals surface area contributed by atoms with Gasteiger partial charge in [-0.3, -0.25) is 0 Å². The molecule has 0 bridgehead atoms. The highest BCUT2D eigenvalue weighted by molar-refractivity contribution is 9.09. The highest BCUT2D eigenvalue weighted by Crippen LogP contribution is 2.17. The summed E-state index contributed by atoms with van der Waals surface area (Å²) in [7, 11) is 2.20. The zero-order chi connectivity index (χ0) is 12.0. The Hall–Kier alpha value is 0.0700. The lowest BCUT2D eigenvalue weighted by atomic mass is 10.1. The van der Waals surface area contributed by atoms with Gasteiger partial charge >= 0.3 is 0 Å². The van der Waals surface area contributed by atoms with Crippen LogP contribution in [0.3, 0.4) is 0 Å². The molecular formula is C12H21BrN2S. The van der Waals surface area contributed by atoms with Crippen LogP contribution in [0.25, 0.3) is 0 Å². The number of thiazole rings is 1. The molecule has 0 aliphatic rings. The molecule has 0 N–H and O–H groups in total. The van der Waals surface area contributed by atoms with E-state index in [9.17, 15) is 0 Å². The lowest BCUT2D eigenvalue weighted by Crippen LogP contribution is -2.26. The zero-order valence-corrected chi connectivity index (χ0v) is 12.8. The first-order valence-corrected chi connectivity index (χ1v) is 7.81. The molecule has 1 aromatic rings. The van der Waals surface area contributed by atoms with Crippen LogP contribution >= 0.6 is 27.3 Å². The van der Waals surface area contributed by atoms with E-state index in [0.29, 0.717) is 0 Å². The average molecular weight is 305 g/mol. The molecular weight excluding hydrogens is 284 g/mol. The molecule has 1 heterocycles. The molecule has 92 valence electrons. The maximum absolute atomic E-state index is 4.29. The molecule has 0 aromatic carbocycles. The Morgan fingerprint density at radius 3 is 2.81 bits per heavy atom. The normalized spacial score (nSPS) is 13.3. The van der Waals surface area contributed by atoms with Gasteiger partial charge in [0.25, 0.3) is 0 Å². The van der Waals surface area contributed by atoms with Gasteiger partial charge in [-0.15, -0.1) is 11.3 Å². The minimum atomic E-state index is 0.767. The van der Waals surface area contributed by atoms with E-state index in [2.05, 4.69) is 46.7 Å². The lowest BCUT2D eigenvalue weighted by Gasteiger charge is -2.22. The molecule has 1 aromatic heterocycles. The van der Waals surface area contributed by atoms with Gasteiger partial charge < -0.3 is 4.90 Å². The van der Waals surface area contributed by atoms with Crippen molar-refractivity contribution in [2.75, 3.05) is 18.9 Å². The third-order valence-corrected chi connectivity index (χ3v) is 4.58. The van der Waals surface area contributed by atoms with Crippen LogP contribution in [-0.2, 0) is 6.54 Å². The van der Waals surface area contributed by atoms with Gasteiger partial charge in [-0.25, -0.2) is 4.98 Å². The molecule has 4 heteroatoms. The Morgan fingerprint density at radius 2 is 2.31 bits per heavy atom. The highest BCUT2D eigenvalue weighted by atomic mass is 79.9. The van der Waals surface area contributed by atoms with E-state index in [1.807, 2.05) is 5.51 Å². The molecule has 2 nitrogen and oxygen atoms in total. The summed E-state index contributed by atoms with van der Waals surface area (Å²) in [5.41, 5.74) is 3.12. The van der Waals surface area contributed by atoms with E-state index in [1.54, 1.807) is 11.3 Å². The van der Waals surface area contributed by atoms with Crippen LogP contribution in [0.5, 0.6) is 0 Å². The Balaban J connectivity index is 2.40. The Morgan fingerprint density at radius 1 is 1.56 bits per heavy atom. The van der Waals surface area contributed by atoms with Crippen molar-refractivity contribution in [2.24, 2.45) is 5.92 Å². The van der Waals surface area contributed by atoms with Crippen molar-refractivity contribution in [1.29, 1.82) is 0 Å². The van der Waals surface area contributed by atoms with E-state index >= 15 is 0 Å². The maximum Gasteiger partial charge on any atom is 0.0798 e. The van der Waals surface area contributed by atoms with Crippen LogP contribution in [0.1, 0.15) is 30.3 Å². The minimum absolute atomic E-state index is 0.767. The highest BCUT2D eigenvalue weighted by Gasteiger charge is 2.11. The maximum atomic E-state index is 4.29. The first-order chi connectivity index (χ1) is 7.67. The van der Waals surface area contributed by atoms with Crippen LogP contribution in [0.2, 0.25) is 0 Å². The van der Waals surface area contributed by atoms with Crippen LogP contribution in [0, 0.1) is 12.8 Å². The molecule has 0 fully saturated rings. The largest absolute Gasteiger partial charge is 0.301 e. The summed E-state index contributed by atoms with van der Waals surface area (Å²) in [6.45, 7) is 6.54. The molecule has 0 amide bonds. The first-order valence-electron chi connectivity index (χ1n) is 5.80. The molecule has 0 saturated heterocycles. The lowest BCUT2D eigenvalue weighted by molar-refractivity contribution is 0.275. The summed E-state index contributed by atoms with van der Waals surface area (Å²) in [5.74, 6) is 0.767. The molecule has 0 spiro atoms. The Bertz CT molecular complexity index is 301. The number of aryl methyl sites for hydroxylation is 1. The summed E-state index contributed by atoms with van der Waals surface area (Å²) in [6, 6.07) is 0. The van der Waals surface area contributed by atoms with Gasteiger partial charge in [0.2, 0.25) is 0 Å². The standard InChI is InChI=1S/C12H21BrN2S/c1-4-5-11(6-13)7-15(3)8-12-10(2)14-9-16-12/h9,11H,4-8H2,1-3H3. The zero-order valence-electron chi connectivity index (χ0n) is 10.4. The van der Waals surface area contributed by atoms with Crippen molar-refractivity contribution < 1.29 is 0 Å². The van der Waals surface area contributed by atoms with Crippen molar-refractivity contribution >= 4 is 27.3 Å². The SMILES string of the molecule is CCCC(CBr)CN(C)Cc1scnc1C.